The molecule has 21 heavy (non-hydrogen) atoms. The molecular formula is C16H21BrClN3. The molecule has 0 bridgehead atoms. The van der Waals surface area contributed by atoms with Crippen molar-refractivity contribution in [1.29, 1.82) is 0 Å². The third kappa shape index (κ3) is 3.68. The Hall–Kier alpha value is -0.840. The van der Waals surface area contributed by atoms with Gasteiger partial charge in [0.1, 0.15) is 0 Å². The van der Waals surface area contributed by atoms with Crippen molar-refractivity contribution in [3.8, 4) is 0 Å². The monoisotopic (exact) mass is 369 g/mol. The molecule has 1 atom stereocenters. The molecule has 1 N–H and O–H groups in total. The van der Waals surface area contributed by atoms with E-state index in [2.05, 4.69) is 52.3 Å². The van der Waals surface area contributed by atoms with Gasteiger partial charge < -0.3 is 5.32 Å². The quantitative estimate of drug-likeness (QED) is 0.848. The number of hydrogen-bond acceptors (Lipinski definition) is 2. The fourth-order valence-electron chi connectivity index (χ4n) is 2.55. The molecule has 0 amide bonds. The zero-order chi connectivity index (χ0) is 15.6. The molecule has 1 unspecified atom stereocenters. The summed E-state index contributed by atoms with van der Waals surface area (Å²) < 4.78 is 3.02. The van der Waals surface area contributed by atoms with E-state index in [-0.39, 0.29) is 6.04 Å². The molecule has 0 aliphatic carbocycles. The zero-order valence-corrected chi connectivity index (χ0v) is 15.2. The van der Waals surface area contributed by atoms with Gasteiger partial charge in [-0.2, -0.15) is 5.10 Å². The van der Waals surface area contributed by atoms with E-state index in [1.54, 1.807) is 0 Å². The lowest BCUT2D eigenvalue weighted by Crippen LogP contribution is -2.24. The van der Waals surface area contributed by atoms with Gasteiger partial charge in [0.05, 0.1) is 15.9 Å². The molecule has 5 heteroatoms. The summed E-state index contributed by atoms with van der Waals surface area (Å²) in [5, 5.41) is 8.80. The third-order valence-corrected chi connectivity index (χ3v) is 5.00. The van der Waals surface area contributed by atoms with Gasteiger partial charge in [0, 0.05) is 24.5 Å². The van der Waals surface area contributed by atoms with Crippen molar-refractivity contribution in [1.82, 2.24) is 15.1 Å². The number of likely N-dealkylation sites (N-methyl/N-ethyl adjacent to an activating group) is 1. The molecule has 0 radical (unpaired) electrons. The summed E-state index contributed by atoms with van der Waals surface area (Å²) in [6, 6.07) is 6.41. The van der Waals surface area contributed by atoms with Crippen LogP contribution in [-0.2, 0) is 13.5 Å². The predicted octanol–water partition coefficient (Wildman–Crippen LogP) is 4.35. The summed E-state index contributed by atoms with van der Waals surface area (Å²) in [5.74, 6) is 0. The summed E-state index contributed by atoms with van der Waals surface area (Å²) in [6.45, 7) is 7.07. The van der Waals surface area contributed by atoms with Gasteiger partial charge in [-0.25, -0.2) is 0 Å². The summed E-state index contributed by atoms with van der Waals surface area (Å²) in [6.07, 6.45) is 0.842. The van der Waals surface area contributed by atoms with E-state index < -0.39 is 0 Å². The van der Waals surface area contributed by atoms with E-state index in [1.165, 1.54) is 11.3 Å². The van der Waals surface area contributed by atoms with Crippen molar-refractivity contribution in [3.63, 3.8) is 0 Å². The SMILES string of the molecule is CCNC(Cc1c(Br)c(C)nn1C)c1ccc(C)cc1Cl. The van der Waals surface area contributed by atoms with Crippen molar-refractivity contribution in [2.24, 2.45) is 7.05 Å². The molecule has 0 saturated carbocycles. The minimum Gasteiger partial charge on any atom is -0.310 e. The van der Waals surface area contributed by atoms with Gasteiger partial charge in [-0.05, 0) is 53.5 Å². The summed E-state index contributed by atoms with van der Waals surface area (Å²) in [7, 11) is 1.98. The highest BCUT2D eigenvalue weighted by Crippen LogP contribution is 2.30. The Balaban J connectivity index is 2.35. The second-order valence-corrected chi connectivity index (χ2v) is 6.51. The fourth-order valence-corrected chi connectivity index (χ4v) is 3.41. The van der Waals surface area contributed by atoms with Gasteiger partial charge in [-0.3, -0.25) is 4.68 Å². The van der Waals surface area contributed by atoms with Crippen molar-refractivity contribution < 1.29 is 0 Å². The van der Waals surface area contributed by atoms with Crippen molar-refractivity contribution in [3.05, 3.63) is 50.2 Å². The highest BCUT2D eigenvalue weighted by atomic mass is 79.9. The first-order chi connectivity index (χ1) is 9.93. The fraction of sp³-hybridized carbons (Fsp3) is 0.438. The van der Waals surface area contributed by atoms with E-state index in [0.717, 1.165) is 33.7 Å². The average Bonchev–Trinajstić information content (AvgIpc) is 2.65. The van der Waals surface area contributed by atoms with Crippen LogP contribution in [0.25, 0.3) is 0 Å². The third-order valence-electron chi connectivity index (χ3n) is 3.64. The van der Waals surface area contributed by atoms with Crippen LogP contribution in [0, 0.1) is 13.8 Å². The molecule has 1 aromatic carbocycles. The number of benzene rings is 1. The van der Waals surface area contributed by atoms with Crippen LogP contribution in [-0.4, -0.2) is 16.3 Å². The van der Waals surface area contributed by atoms with Gasteiger partial charge in [-0.1, -0.05) is 30.7 Å². The molecule has 3 nitrogen and oxygen atoms in total. The highest BCUT2D eigenvalue weighted by molar-refractivity contribution is 9.10. The molecule has 0 saturated heterocycles. The Morgan fingerprint density at radius 1 is 1.38 bits per heavy atom. The topological polar surface area (TPSA) is 29.9 Å². The predicted molar refractivity (Wildman–Crippen MR) is 92.0 cm³/mol. The molecular weight excluding hydrogens is 350 g/mol. The number of aromatic nitrogens is 2. The number of nitrogens with zero attached hydrogens (tertiary/aromatic N) is 2. The minimum absolute atomic E-state index is 0.175. The molecule has 0 aliphatic rings. The average molecular weight is 371 g/mol. The van der Waals surface area contributed by atoms with Crippen molar-refractivity contribution in [2.45, 2.75) is 33.2 Å². The standard InChI is InChI=1S/C16H21BrClN3/c1-5-19-14(12-7-6-10(2)8-13(12)18)9-15-16(17)11(3)20-21(15)4/h6-8,14,19H,5,9H2,1-4H3. The van der Waals surface area contributed by atoms with E-state index in [4.69, 9.17) is 11.6 Å². The van der Waals surface area contributed by atoms with Gasteiger partial charge in [0.2, 0.25) is 0 Å². The molecule has 114 valence electrons. The Morgan fingerprint density at radius 3 is 2.62 bits per heavy atom. The summed E-state index contributed by atoms with van der Waals surface area (Å²) in [5.41, 5.74) is 4.50. The molecule has 0 aliphatic heterocycles. The van der Waals surface area contributed by atoms with Gasteiger partial charge in [0.15, 0.2) is 0 Å². The molecule has 1 heterocycles. The lowest BCUT2D eigenvalue weighted by molar-refractivity contribution is 0.528. The van der Waals surface area contributed by atoms with Crippen LogP contribution in [0.4, 0.5) is 0 Å². The number of rotatable bonds is 5. The normalized spacial score (nSPS) is 12.7. The number of nitrogens with one attached hydrogen (secondary N) is 1. The van der Waals surface area contributed by atoms with E-state index in [1.807, 2.05) is 24.7 Å². The number of halogens is 2. The Bertz CT molecular complexity index is 637. The van der Waals surface area contributed by atoms with Gasteiger partial charge in [-0.15, -0.1) is 0 Å². The largest absolute Gasteiger partial charge is 0.310 e. The molecule has 2 aromatic rings. The van der Waals surface area contributed by atoms with Crippen LogP contribution in [0.3, 0.4) is 0 Å². The van der Waals surface area contributed by atoms with Crippen LogP contribution in [0.5, 0.6) is 0 Å². The van der Waals surface area contributed by atoms with E-state index >= 15 is 0 Å². The lowest BCUT2D eigenvalue weighted by atomic mass is 10.00. The van der Waals surface area contributed by atoms with Crippen LogP contribution in [0.2, 0.25) is 5.02 Å². The first-order valence-electron chi connectivity index (χ1n) is 7.11. The minimum atomic E-state index is 0.175. The van der Waals surface area contributed by atoms with Gasteiger partial charge in [0.25, 0.3) is 0 Å². The molecule has 2 rings (SSSR count). The van der Waals surface area contributed by atoms with Crippen molar-refractivity contribution in [2.75, 3.05) is 6.54 Å². The number of hydrogen-bond donors (Lipinski definition) is 1. The van der Waals surface area contributed by atoms with Crippen molar-refractivity contribution >= 4 is 27.5 Å². The summed E-state index contributed by atoms with van der Waals surface area (Å²) >= 11 is 10.1. The van der Waals surface area contributed by atoms with Crippen LogP contribution < -0.4 is 5.32 Å². The Labute approximate surface area is 139 Å². The first kappa shape index (κ1) is 16.5. The highest BCUT2D eigenvalue weighted by Gasteiger charge is 2.19. The second kappa shape index (κ2) is 6.95. The Kier molecular flexibility index (Phi) is 5.47. The Morgan fingerprint density at radius 2 is 2.10 bits per heavy atom. The maximum Gasteiger partial charge on any atom is 0.0738 e. The smallest absolute Gasteiger partial charge is 0.0738 e. The van der Waals surface area contributed by atoms with Crippen LogP contribution >= 0.6 is 27.5 Å². The lowest BCUT2D eigenvalue weighted by Gasteiger charge is -2.20. The molecule has 0 fully saturated rings. The maximum atomic E-state index is 6.44. The summed E-state index contributed by atoms with van der Waals surface area (Å²) in [4.78, 5) is 0. The zero-order valence-electron chi connectivity index (χ0n) is 12.9. The van der Waals surface area contributed by atoms with Crippen LogP contribution in [0.1, 0.15) is 35.5 Å². The molecule has 1 aromatic heterocycles. The van der Waals surface area contributed by atoms with Gasteiger partial charge >= 0.3 is 0 Å². The first-order valence-corrected chi connectivity index (χ1v) is 8.28. The van der Waals surface area contributed by atoms with E-state index in [0.29, 0.717) is 0 Å². The van der Waals surface area contributed by atoms with Crippen LogP contribution in [0.15, 0.2) is 22.7 Å². The number of aryl methyl sites for hydroxylation is 3. The van der Waals surface area contributed by atoms with E-state index in [9.17, 15) is 0 Å². The maximum absolute atomic E-state index is 6.44. The molecule has 0 spiro atoms. The second-order valence-electron chi connectivity index (χ2n) is 5.31.